The number of nitrogens with one attached hydrogen (secondary N) is 1. The van der Waals surface area contributed by atoms with Crippen molar-refractivity contribution in [3.05, 3.63) is 52.0 Å². The van der Waals surface area contributed by atoms with Crippen molar-refractivity contribution >= 4 is 56.7 Å². The molecule has 0 aliphatic rings. The largest absolute Gasteiger partial charge is 0.427 e. The molecule has 0 atom stereocenters. The summed E-state index contributed by atoms with van der Waals surface area (Å²) in [5.74, 6) is -0.582. The van der Waals surface area contributed by atoms with Crippen LogP contribution in [-0.2, 0) is 17.5 Å². The molecule has 0 aliphatic carbocycles. The molecule has 7 nitrogen and oxygen atoms in total. The molecule has 13 heteroatoms. The second-order valence-electron chi connectivity index (χ2n) is 5.98. The zero-order chi connectivity index (χ0) is 21.5. The van der Waals surface area contributed by atoms with Crippen molar-refractivity contribution < 1.29 is 18.0 Å². The molecule has 4 aromatic rings. The fourth-order valence-electron chi connectivity index (χ4n) is 2.65. The summed E-state index contributed by atoms with van der Waals surface area (Å²) in [5.41, 5.74) is 0.696. The van der Waals surface area contributed by atoms with Crippen LogP contribution in [0.15, 0.2) is 37.1 Å². The summed E-state index contributed by atoms with van der Waals surface area (Å²) in [4.78, 5) is 27.2. The average Bonchev–Trinajstić information content (AvgIpc) is 3.29. The number of hydrogen-bond acceptors (Lipinski definition) is 6. The number of fused-ring (bicyclic) bond motifs is 1. The Bertz CT molecular complexity index is 1260. The Labute approximate surface area is 180 Å². The number of alkyl halides is 3. The van der Waals surface area contributed by atoms with Gasteiger partial charge in [-0.25, -0.2) is 19.9 Å². The standard InChI is InChI=1S/C17H9Cl2F3N6OS/c18-9-2-1-8(3-10(9)19)13-14(17(20,21)22)30-16(27-13)26-12(29)5-28-7-25-15-11(28)4-23-6-24-15/h1-4,6-7H,5H2,(H,26,27,29). The molecule has 3 aromatic heterocycles. The Kier molecular flexibility index (Phi) is 5.35. The van der Waals surface area contributed by atoms with Gasteiger partial charge < -0.3 is 9.88 Å². The van der Waals surface area contributed by atoms with Gasteiger partial charge in [-0.15, -0.1) is 0 Å². The van der Waals surface area contributed by atoms with Gasteiger partial charge in [0.05, 0.1) is 28.3 Å². The average molecular weight is 473 g/mol. The molecule has 1 N–H and O–H groups in total. The third-order valence-electron chi connectivity index (χ3n) is 3.94. The quantitative estimate of drug-likeness (QED) is 0.455. The van der Waals surface area contributed by atoms with Gasteiger partial charge in [-0.2, -0.15) is 13.2 Å². The molecule has 0 bridgehead atoms. The van der Waals surface area contributed by atoms with E-state index in [1.54, 1.807) is 0 Å². The first-order valence-corrected chi connectivity index (χ1v) is 9.74. The summed E-state index contributed by atoms with van der Waals surface area (Å²) >= 11 is 12.1. The SMILES string of the molecule is O=C(Cn1cnc2ncncc21)Nc1nc(-c2ccc(Cl)c(Cl)c2)c(C(F)(F)F)s1. The summed E-state index contributed by atoms with van der Waals surface area (Å²) in [5, 5.41) is 2.49. The van der Waals surface area contributed by atoms with E-state index in [9.17, 15) is 18.0 Å². The van der Waals surface area contributed by atoms with Crippen LogP contribution in [0.5, 0.6) is 0 Å². The molecular weight excluding hydrogens is 464 g/mol. The lowest BCUT2D eigenvalue weighted by Crippen LogP contribution is -2.18. The molecule has 4 rings (SSSR count). The zero-order valence-electron chi connectivity index (χ0n) is 14.6. The third kappa shape index (κ3) is 4.09. The Morgan fingerprint density at radius 1 is 1.20 bits per heavy atom. The molecule has 3 heterocycles. The van der Waals surface area contributed by atoms with Crippen LogP contribution in [0.1, 0.15) is 4.88 Å². The minimum Gasteiger partial charge on any atom is -0.318 e. The molecule has 154 valence electrons. The van der Waals surface area contributed by atoms with E-state index in [2.05, 4.69) is 25.3 Å². The normalized spacial score (nSPS) is 11.8. The maximum absolute atomic E-state index is 13.5. The second-order valence-corrected chi connectivity index (χ2v) is 7.79. The van der Waals surface area contributed by atoms with Crippen molar-refractivity contribution in [2.45, 2.75) is 12.7 Å². The highest BCUT2D eigenvalue weighted by atomic mass is 35.5. The Balaban J connectivity index is 1.62. The van der Waals surface area contributed by atoms with Crippen LogP contribution in [0.2, 0.25) is 10.0 Å². The van der Waals surface area contributed by atoms with E-state index in [0.29, 0.717) is 22.5 Å². The maximum Gasteiger partial charge on any atom is 0.427 e. The van der Waals surface area contributed by atoms with Crippen LogP contribution in [0.3, 0.4) is 0 Å². The topological polar surface area (TPSA) is 85.6 Å². The summed E-state index contributed by atoms with van der Waals surface area (Å²) in [6, 6.07) is 4.04. The van der Waals surface area contributed by atoms with Crippen LogP contribution < -0.4 is 5.32 Å². The third-order valence-corrected chi connectivity index (χ3v) is 5.69. The lowest BCUT2D eigenvalue weighted by molar-refractivity contribution is -0.134. The molecule has 1 aromatic carbocycles. The van der Waals surface area contributed by atoms with E-state index in [1.165, 1.54) is 41.6 Å². The summed E-state index contributed by atoms with van der Waals surface area (Å²) in [6.45, 7) is -0.201. The van der Waals surface area contributed by atoms with Crippen molar-refractivity contribution in [1.82, 2.24) is 24.5 Å². The highest BCUT2D eigenvalue weighted by molar-refractivity contribution is 7.16. The van der Waals surface area contributed by atoms with Gasteiger partial charge in [-0.1, -0.05) is 40.6 Å². The lowest BCUT2D eigenvalue weighted by atomic mass is 10.1. The van der Waals surface area contributed by atoms with E-state index in [0.717, 1.165) is 0 Å². The monoisotopic (exact) mass is 472 g/mol. The van der Waals surface area contributed by atoms with E-state index < -0.39 is 17.0 Å². The summed E-state index contributed by atoms with van der Waals surface area (Å²) in [6.07, 6.45) is -0.474. The number of imidazole rings is 1. The highest BCUT2D eigenvalue weighted by Crippen LogP contribution is 2.43. The molecule has 0 unspecified atom stereocenters. The van der Waals surface area contributed by atoms with Crippen LogP contribution in [0.4, 0.5) is 18.3 Å². The predicted molar refractivity (Wildman–Crippen MR) is 107 cm³/mol. The van der Waals surface area contributed by atoms with Crippen LogP contribution in [0.25, 0.3) is 22.4 Å². The van der Waals surface area contributed by atoms with Gasteiger partial charge >= 0.3 is 6.18 Å². The van der Waals surface area contributed by atoms with Crippen molar-refractivity contribution in [3.63, 3.8) is 0 Å². The van der Waals surface area contributed by atoms with Crippen molar-refractivity contribution in [2.24, 2.45) is 0 Å². The molecule has 0 aliphatic heterocycles. The number of nitrogens with zero attached hydrogens (tertiary/aromatic N) is 5. The Morgan fingerprint density at radius 2 is 2.00 bits per heavy atom. The first-order chi connectivity index (χ1) is 14.2. The zero-order valence-corrected chi connectivity index (χ0v) is 16.9. The minimum atomic E-state index is -4.67. The number of rotatable bonds is 4. The van der Waals surface area contributed by atoms with Crippen LogP contribution >= 0.6 is 34.5 Å². The van der Waals surface area contributed by atoms with Crippen LogP contribution in [0, 0.1) is 0 Å². The first-order valence-electron chi connectivity index (χ1n) is 8.16. The molecule has 0 fully saturated rings. The molecule has 0 saturated heterocycles. The molecular formula is C17H9Cl2F3N6OS. The molecule has 0 saturated carbocycles. The Morgan fingerprint density at radius 3 is 2.73 bits per heavy atom. The first kappa shape index (κ1) is 20.5. The van der Waals surface area contributed by atoms with E-state index in [4.69, 9.17) is 23.2 Å². The number of carbonyl (C=O) groups is 1. The number of halogens is 5. The number of anilines is 1. The number of benzene rings is 1. The van der Waals surface area contributed by atoms with Crippen molar-refractivity contribution in [2.75, 3.05) is 5.32 Å². The number of aromatic nitrogens is 5. The summed E-state index contributed by atoms with van der Waals surface area (Å²) in [7, 11) is 0. The number of hydrogen-bond donors (Lipinski definition) is 1. The fraction of sp³-hybridized carbons (Fsp3) is 0.118. The van der Waals surface area contributed by atoms with Gasteiger partial charge in [-0.05, 0) is 12.1 Å². The predicted octanol–water partition coefficient (Wildman–Crippen LogP) is 4.91. The molecule has 0 spiro atoms. The van der Waals surface area contributed by atoms with Gasteiger partial charge in [0.15, 0.2) is 10.8 Å². The number of thiazole rings is 1. The molecule has 1 amide bonds. The van der Waals surface area contributed by atoms with Gasteiger partial charge in [0.2, 0.25) is 5.91 Å². The number of amides is 1. The fourth-order valence-corrected chi connectivity index (χ4v) is 3.82. The second kappa shape index (κ2) is 7.82. The van der Waals surface area contributed by atoms with E-state index in [-0.39, 0.29) is 33.0 Å². The van der Waals surface area contributed by atoms with Gasteiger partial charge in [0.25, 0.3) is 0 Å². The van der Waals surface area contributed by atoms with Gasteiger partial charge in [-0.3, -0.25) is 4.79 Å². The van der Waals surface area contributed by atoms with Crippen molar-refractivity contribution in [3.8, 4) is 11.3 Å². The van der Waals surface area contributed by atoms with Crippen molar-refractivity contribution in [1.29, 1.82) is 0 Å². The van der Waals surface area contributed by atoms with E-state index in [1.807, 2.05) is 0 Å². The molecule has 30 heavy (non-hydrogen) atoms. The Hall–Kier alpha value is -2.76. The van der Waals surface area contributed by atoms with Gasteiger partial charge in [0.1, 0.15) is 23.3 Å². The minimum absolute atomic E-state index is 0.0927. The van der Waals surface area contributed by atoms with E-state index >= 15 is 0 Å². The van der Waals surface area contributed by atoms with Gasteiger partial charge in [0, 0.05) is 5.56 Å². The smallest absolute Gasteiger partial charge is 0.318 e. The lowest BCUT2D eigenvalue weighted by Gasteiger charge is -2.06. The summed E-state index contributed by atoms with van der Waals surface area (Å²) < 4.78 is 42.0. The maximum atomic E-state index is 13.5. The van der Waals surface area contributed by atoms with Crippen LogP contribution in [-0.4, -0.2) is 30.4 Å². The highest BCUT2D eigenvalue weighted by Gasteiger charge is 2.38. The number of carbonyl (C=O) groups excluding carboxylic acids is 1. The molecule has 0 radical (unpaired) electrons.